The third-order valence-corrected chi connectivity index (χ3v) is 8.51. The van der Waals surface area contributed by atoms with E-state index in [1.54, 1.807) is 30.6 Å². The number of para-hydroxylation sites is 2. The van der Waals surface area contributed by atoms with Crippen LogP contribution in [-0.2, 0) is 10.1 Å². The number of thioether (sulfide) groups is 2. The van der Waals surface area contributed by atoms with Crippen molar-refractivity contribution in [1.29, 1.82) is 0 Å². The van der Waals surface area contributed by atoms with E-state index in [0.29, 0.717) is 12.2 Å². The van der Waals surface area contributed by atoms with Crippen molar-refractivity contribution < 1.29 is 17.7 Å². The number of fused-ring (bicyclic) bond motifs is 2. The van der Waals surface area contributed by atoms with E-state index in [2.05, 4.69) is 41.3 Å². The van der Waals surface area contributed by atoms with E-state index in [1.807, 2.05) is 42.7 Å². The normalized spacial score (nSPS) is 14.5. The van der Waals surface area contributed by atoms with Crippen LogP contribution in [-0.4, -0.2) is 37.8 Å². The molecule has 1 heterocycles. The van der Waals surface area contributed by atoms with Crippen molar-refractivity contribution in [2.24, 2.45) is 0 Å². The van der Waals surface area contributed by atoms with E-state index in [1.165, 1.54) is 0 Å². The van der Waals surface area contributed by atoms with Gasteiger partial charge in [0.15, 0.2) is 0 Å². The Balaban J connectivity index is 1.86. The van der Waals surface area contributed by atoms with Crippen LogP contribution in [0.15, 0.2) is 77.0 Å². The van der Waals surface area contributed by atoms with Gasteiger partial charge in [0.25, 0.3) is 10.1 Å². The van der Waals surface area contributed by atoms with Crippen LogP contribution < -0.4 is 9.64 Å². The van der Waals surface area contributed by atoms with Crippen molar-refractivity contribution >= 4 is 56.3 Å². The SMILES string of the molecule is COc1ccc2c(c1)N(c1ccccc1)c1ccccc1/C2=C(\SC)SCCCS(=O)(=O)O. The van der Waals surface area contributed by atoms with Gasteiger partial charge in [-0.25, -0.2) is 0 Å². The fourth-order valence-corrected chi connectivity index (χ4v) is 6.58. The van der Waals surface area contributed by atoms with Gasteiger partial charge in [0.1, 0.15) is 5.75 Å². The Labute approximate surface area is 203 Å². The monoisotopic (exact) mass is 499 g/mol. The lowest BCUT2D eigenvalue weighted by molar-refractivity contribution is 0.415. The molecule has 0 saturated carbocycles. The van der Waals surface area contributed by atoms with E-state index in [-0.39, 0.29) is 5.75 Å². The average Bonchev–Trinajstić information content (AvgIpc) is 2.82. The topological polar surface area (TPSA) is 66.8 Å². The average molecular weight is 500 g/mol. The minimum Gasteiger partial charge on any atom is -0.497 e. The Kier molecular flexibility index (Phi) is 7.38. The molecule has 0 amide bonds. The van der Waals surface area contributed by atoms with Crippen LogP contribution in [0.4, 0.5) is 17.1 Å². The van der Waals surface area contributed by atoms with Gasteiger partial charge in [-0.3, -0.25) is 4.55 Å². The highest BCUT2D eigenvalue weighted by Gasteiger charge is 2.29. The van der Waals surface area contributed by atoms with Crippen molar-refractivity contribution in [1.82, 2.24) is 0 Å². The van der Waals surface area contributed by atoms with Gasteiger partial charge in [-0.1, -0.05) is 36.4 Å². The molecule has 0 bridgehead atoms. The maximum Gasteiger partial charge on any atom is 0.264 e. The van der Waals surface area contributed by atoms with Crippen LogP contribution >= 0.6 is 23.5 Å². The summed E-state index contributed by atoms with van der Waals surface area (Å²) in [5.74, 6) is 1.14. The summed E-state index contributed by atoms with van der Waals surface area (Å²) in [6.07, 6.45) is 2.42. The van der Waals surface area contributed by atoms with E-state index in [0.717, 1.165) is 43.7 Å². The molecule has 0 fully saturated rings. The van der Waals surface area contributed by atoms with Gasteiger partial charge in [-0.2, -0.15) is 8.42 Å². The summed E-state index contributed by atoms with van der Waals surface area (Å²) in [4.78, 5) is 2.25. The number of anilines is 3. The molecule has 8 heteroatoms. The Bertz CT molecular complexity index is 1270. The second kappa shape index (κ2) is 10.3. The van der Waals surface area contributed by atoms with Crippen LogP contribution in [0.1, 0.15) is 17.5 Å². The lowest BCUT2D eigenvalue weighted by atomic mass is 9.90. The smallest absolute Gasteiger partial charge is 0.264 e. The Morgan fingerprint density at radius 3 is 2.36 bits per heavy atom. The molecule has 172 valence electrons. The molecule has 5 nitrogen and oxygen atoms in total. The Hall–Kier alpha value is -2.39. The zero-order chi connectivity index (χ0) is 23.4. The fraction of sp³-hybridized carbons (Fsp3) is 0.200. The first kappa shape index (κ1) is 23.8. The quantitative estimate of drug-likeness (QED) is 0.217. The molecule has 1 aliphatic rings. The number of hydrogen-bond donors (Lipinski definition) is 1. The molecule has 0 radical (unpaired) electrons. The zero-order valence-electron chi connectivity index (χ0n) is 18.4. The molecule has 0 atom stereocenters. The lowest BCUT2D eigenvalue weighted by Gasteiger charge is -2.35. The van der Waals surface area contributed by atoms with E-state index in [9.17, 15) is 8.42 Å². The third kappa shape index (κ3) is 5.24. The van der Waals surface area contributed by atoms with Crippen molar-refractivity contribution in [3.8, 4) is 5.75 Å². The summed E-state index contributed by atoms with van der Waals surface area (Å²) in [7, 11) is -2.29. The van der Waals surface area contributed by atoms with E-state index < -0.39 is 10.1 Å². The zero-order valence-corrected chi connectivity index (χ0v) is 20.8. The van der Waals surface area contributed by atoms with Crippen molar-refractivity contribution in [2.45, 2.75) is 6.42 Å². The van der Waals surface area contributed by atoms with Crippen LogP contribution in [0.2, 0.25) is 0 Å². The summed E-state index contributed by atoms with van der Waals surface area (Å²) < 4.78 is 38.0. The van der Waals surface area contributed by atoms with Crippen molar-refractivity contribution in [2.75, 3.05) is 29.8 Å². The number of nitrogens with zero attached hydrogens (tertiary/aromatic N) is 1. The van der Waals surface area contributed by atoms with Gasteiger partial charge in [0.05, 0.1) is 24.2 Å². The van der Waals surface area contributed by atoms with Gasteiger partial charge >= 0.3 is 0 Å². The van der Waals surface area contributed by atoms with Gasteiger partial charge in [-0.05, 0) is 48.8 Å². The van der Waals surface area contributed by atoms with Crippen molar-refractivity contribution in [3.05, 3.63) is 88.2 Å². The Morgan fingerprint density at radius 1 is 0.970 bits per heavy atom. The molecule has 3 aromatic carbocycles. The number of hydrogen-bond acceptors (Lipinski definition) is 6. The number of ether oxygens (including phenoxy) is 1. The minimum atomic E-state index is -3.95. The molecular formula is C25H25NO4S3. The summed E-state index contributed by atoms with van der Waals surface area (Å²) >= 11 is 3.27. The Morgan fingerprint density at radius 2 is 1.67 bits per heavy atom. The van der Waals surface area contributed by atoms with E-state index in [4.69, 9.17) is 9.29 Å². The summed E-state index contributed by atoms with van der Waals surface area (Å²) in [5, 5.41) is 0. The predicted octanol–water partition coefficient (Wildman–Crippen LogP) is 6.57. The molecule has 0 saturated heterocycles. The number of methoxy groups -OCH3 is 1. The summed E-state index contributed by atoms with van der Waals surface area (Å²) in [6.45, 7) is 0. The van der Waals surface area contributed by atoms with Gasteiger partial charge in [0, 0.05) is 32.7 Å². The summed E-state index contributed by atoms with van der Waals surface area (Å²) in [6, 6.07) is 24.7. The maximum absolute atomic E-state index is 11.1. The van der Waals surface area contributed by atoms with Crippen LogP contribution in [0.5, 0.6) is 5.75 Å². The molecule has 4 rings (SSSR count). The highest BCUT2D eigenvalue weighted by Crippen LogP contribution is 2.53. The van der Waals surface area contributed by atoms with Crippen LogP contribution in [0.3, 0.4) is 0 Å². The molecular weight excluding hydrogens is 474 g/mol. The minimum absolute atomic E-state index is 0.233. The van der Waals surface area contributed by atoms with Crippen LogP contribution in [0, 0.1) is 0 Å². The largest absolute Gasteiger partial charge is 0.497 e. The first-order valence-electron chi connectivity index (χ1n) is 10.4. The van der Waals surface area contributed by atoms with Crippen LogP contribution in [0.25, 0.3) is 5.57 Å². The maximum atomic E-state index is 11.1. The molecule has 0 aromatic heterocycles. The molecule has 3 aromatic rings. The second-order valence-electron chi connectivity index (χ2n) is 7.43. The highest BCUT2D eigenvalue weighted by atomic mass is 32.2. The molecule has 0 spiro atoms. The lowest BCUT2D eigenvalue weighted by Crippen LogP contribution is -2.18. The van der Waals surface area contributed by atoms with E-state index >= 15 is 0 Å². The fourth-order valence-electron chi connectivity index (χ4n) is 3.90. The molecule has 1 N–H and O–H groups in total. The predicted molar refractivity (Wildman–Crippen MR) is 141 cm³/mol. The van der Waals surface area contributed by atoms with Gasteiger partial charge < -0.3 is 9.64 Å². The first-order chi connectivity index (χ1) is 15.9. The molecule has 0 aliphatic carbocycles. The first-order valence-corrected chi connectivity index (χ1v) is 14.2. The van der Waals surface area contributed by atoms with Crippen molar-refractivity contribution in [3.63, 3.8) is 0 Å². The number of rotatable bonds is 8. The molecule has 1 aliphatic heterocycles. The third-order valence-electron chi connectivity index (χ3n) is 5.31. The highest BCUT2D eigenvalue weighted by molar-refractivity contribution is 8.22. The second-order valence-corrected chi connectivity index (χ2v) is 11.2. The molecule has 33 heavy (non-hydrogen) atoms. The summed E-state index contributed by atoms with van der Waals surface area (Å²) in [5.41, 5.74) is 6.49. The number of benzene rings is 3. The standard InChI is InChI=1S/C25H25NO4S3/c1-30-19-13-14-21-23(17-19)26(18-9-4-3-5-10-18)22-12-7-6-11-20(22)24(21)25(31-2)32-15-8-16-33(27,28)29/h3-7,9-14,17H,8,15-16H2,1-2H3,(H,27,28,29)/b25-24-. The van der Waals surface area contributed by atoms with Gasteiger partial charge in [0.2, 0.25) is 0 Å². The van der Waals surface area contributed by atoms with Gasteiger partial charge in [-0.15, -0.1) is 23.5 Å². The molecule has 0 unspecified atom stereocenters.